The largest absolute Gasteiger partial charge is 0.385 e. The van der Waals surface area contributed by atoms with Crippen LogP contribution in [-0.4, -0.2) is 63.1 Å². The molecule has 2 heterocycles. The van der Waals surface area contributed by atoms with E-state index in [4.69, 9.17) is 0 Å². The van der Waals surface area contributed by atoms with Crippen molar-refractivity contribution in [2.75, 3.05) is 31.5 Å². The predicted molar refractivity (Wildman–Crippen MR) is 128 cm³/mol. The second kappa shape index (κ2) is 10.7. The van der Waals surface area contributed by atoms with Gasteiger partial charge in [0.2, 0.25) is 0 Å². The maximum atomic E-state index is 14.4. The van der Waals surface area contributed by atoms with E-state index in [1.165, 1.54) is 6.07 Å². The van der Waals surface area contributed by atoms with Crippen LogP contribution >= 0.6 is 0 Å². The molecule has 1 aliphatic rings. The number of fused-ring (bicyclic) bond motifs is 1. The predicted octanol–water partition coefficient (Wildman–Crippen LogP) is 3.75. The molecule has 33 heavy (non-hydrogen) atoms. The minimum absolute atomic E-state index is 0.236. The molecule has 0 unspecified atom stereocenters. The van der Waals surface area contributed by atoms with Crippen molar-refractivity contribution in [1.82, 2.24) is 25.6 Å². The summed E-state index contributed by atoms with van der Waals surface area (Å²) in [5.74, 6) is -0.659. The van der Waals surface area contributed by atoms with Crippen LogP contribution in [0.3, 0.4) is 0 Å². The van der Waals surface area contributed by atoms with E-state index in [2.05, 4.69) is 33.0 Å². The summed E-state index contributed by atoms with van der Waals surface area (Å²) >= 11 is 0. The number of nitrogens with one attached hydrogen (secondary N) is 3. The van der Waals surface area contributed by atoms with Gasteiger partial charge < -0.3 is 20.6 Å². The van der Waals surface area contributed by atoms with Crippen molar-refractivity contribution < 1.29 is 14.3 Å². The van der Waals surface area contributed by atoms with Gasteiger partial charge in [-0.1, -0.05) is 33.3 Å². The van der Waals surface area contributed by atoms with Crippen molar-refractivity contribution in [3.05, 3.63) is 47.3 Å². The van der Waals surface area contributed by atoms with E-state index in [1.807, 2.05) is 20.8 Å². The lowest BCUT2D eigenvalue weighted by molar-refractivity contribution is -0.0784. The zero-order valence-electron chi connectivity index (χ0n) is 19.7. The molecule has 8 nitrogen and oxygen atoms in total. The van der Waals surface area contributed by atoms with Crippen LogP contribution < -0.4 is 10.6 Å². The van der Waals surface area contributed by atoms with Crippen molar-refractivity contribution >= 4 is 28.3 Å². The Kier molecular flexibility index (Phi) is 7.99. The van der Waals surface area contributed by atoms with E-state index in [9.17, 15) is 14.3 Å². The highest BCUT2D eigenvalue weighted by Crippen LogP contribution is 2.30. The lowest BCUT2D eigenvalue weighted by Gasteiger charge is -2.46. The number of hydrogen-bond donors (Lipinski definition) is 4. The molecule has 1 fully saturated rings. The summed E-state index contributed by atoms with van der Waals surface area (Å²) in [6, 6.07) is 8.16. The van der Waals surface area contributed by atoms with Gasteiger partial charge in [-0.25, -0.2) is 4.39 Å². The van der Waals surface area contributed by atoms with Gasteiger partial charge in [0.15, 0.2) is 0 Å². The number of nitrogens with zero attached hydrogens (tertiary/aromatic N) is 3. The molecule has 1 saturated heterocycles. The minimum Gasteiger partial charge on any atom is -0.385 e. The maximum absolute atomic E-state index is 14.4. The van der Waals surface area contributed by atoms with Crippen LogP contribution in [0.5, 0.6) is 0 Å². The summed E-state index contributed by atoms with van der Waals surface area (Å²) < 4.78 is 14.4. The maximum Gasteiger partial charge on any atom is 0.256 e. The first kappa shape index (κ1) is 24.6. The van der Waals surface area contributed by atoms with E-state index in [0.29, 0.717) is 28.8 Å². The quantitative estimate of drug-likeness (QED) is 0.385. The number of benzene rings is 2. The number of hydrogen-bond acceptors (Lipinski definition) is 6. The van der Waals surface area contributed by atoms with Crippen molar-refractivity contribution in [3.8, 4) is 0 Å². The number of aryl methyl sites for hydroxylation is 1. The zero-order chi connectivity index (χ0) is 24.0. The average molecular weight is 457 g/mol. The molecule has 0 bridgehead atoms. The number of H-pyrrole nitrogens is 1. The van der Waals surface area contributed by atoms with E-state index in [0.717, 1.165) is 24.9 Å². The number of unbranched alkanes of at least 4 members (excludes halogenated alkanes) is 1. The fraction of sp³-hybridized carbons (Fsp3) is 0.458. The van der Waals surface area contributed by atoms with E-state index >= 15 is 0 Å². The van der Waals surface area contributed by atoms with Crippen LogP contribution in [0.25, 0.3) is 11.0 Å². The molecule has 0 aliphatic carbocycles. The molecule has 3 aromatic rings. The number of aromatic amines is 1. The molecular formula is C24H33FN6O2. The van der Waals surface area contributed by atoms with Crippen LogP contribution in [0, 0.1) is 12.7 Å². The second-order valence-electron chi connectivity index (χ2n) is 8.23. The molecule has 178 valence electrons. The Labute approximate surface area is 193 Å². The third-order valence-corrected chi connectivity index (χ3v) is 5.50. The van der Waals surface area contributed by atoms with Crippen molar-refractivity contribution in [1.29, 1.82) is 0 Å². The van der Waals surface area contributed by atoms with Gasteiger partial charge in [0.05, 0.1) is 30.0 Å². The Hall–Kier alpha value is -3.04. The SMILES string of the molecule is CC.CCCCNCC1(O)CN(C(=O)c2cc3n[nH]nc3cc2Nc2ccc(C)cc2F)C1. The molecule has 0 spiro atoms. The number of aliphatic hydroxyl groups is 1. The molecule has 0 atom stereocenters. The Morgan fingerprint density at radius 1 is 1.18 bits per heavy atom. The highest BCUT2D eigenvalue weighted by molar-refractivity contribution is 6.04. The number of carbonyl (C=O) groups excluding carboxylic acids is 1. The number of β-amino-alcohol motifs (C(OH)–C–C–N with tert-alkyl or cyclic N) is 1. The molecule has 1 aliphatic heterocycles. The molecule has 9 heteroatoms. The number of aromatic nitrogens is 3. The van der Waals surface area contributed by atoms with Gasteiger partial charge in [0, 0.05) is 6.54 Å². The summed E-state index contributed by atoms with van der Waals surface area (Å²) in [6.07, 6.45) is 2.12. The fourth-order valence-corrected chi connectivity index (χ4v) is 3.75. The fourth-order valence-electron chi connectivity index (χ4n) is 3.75. The molecule has 0 radical (unpaired) electrons. The normalized spacial score (nSPS) is 14.4. The molecule has 4 rings (SSSR count). The third-order valence-electron chi connectivity index (χ3n) is 5.50. The summed E-state index contributed by atoms with van der Waals surface area (Å²) in [7, 11) is 0. The van der Waals surface area contributed by atoms with Crippen molar-refractivity contribution in [2.24, 2.45) is 0 Å². The smallest absolute Gasteiger partial charge is 0.256 e. The highest BCUT2D eigenvalue weighted by atomic mass is 19.1. The van der Waals surface area contributed by atoms with Crippen LogP contribution in [-0.2, 0) is 0 Å². The topological polar surface area (TPSA) is 106 Å². The Bertz CT molecular complexity index is 1090. The summed E-state index contributed by atoms with van der Waals surface area (Å²) in [6.45, 7) is 9.68. The number of likely N-dealkylation sites (tertiary alicyclic amines) is 1. The first-order valence-electron chi connectivity index (χ1n) is 11.5. The number of carbonyl (C=O) groups is 1. The average Bonchev–Trinajstić information content (AvgIpc) is 3.24. The van der Waals surface area contributed by atoms with Gasteiger partial charge in [0.1, 0.15) is 22.5 Å². The van der Waals surface area contributed by atoms with Crippen LogP contribution in [0.15, 0.2) is 30.3 Å². The Morgan fingerprint density at radius 3 is 2.55 bits per heavy atom. The van der Waals surface area contributed by atoms with Crippen LogP contribution in [0.2, 0.25) is 0 Å². The van der Waals surface area contributed by atoms with Gasteiger partial charge in [-0.3, -0.25) is 4.79 Å². The third kappa shape index (κ3) is 5.66. The number of anilines is 2. The second-order valence-corrected chi connectivity index (χ2v) is 8.23. The van der Waals surface area contributed by atoms with Crippen molar-refractivity contribution in [2.45, 2.75) is 46.1 Å². The molecule has 0 saturated carbocycles. The highest BCUT2D eigenvalue weighted by Gasteiger charge is 2.43. The van der Waals surface area contributed by atoms with Gasteiger partial charge >= 0.3 is 0 Å². The minimum atomic E-state index is -0.932. The summed E-state index contributed by atoms with van der Waals surface area (Å²) in [5.41, 5.74) is 2.02. The molecule has 4 N–H and O–H groups in total. The molecule has 1 aromatic heterocycles. The number of rotatable bonds is 8. The summed E-state index contributed by atoms with van der Waals surface area (Å²) in [4.78, 5) is 14.8. The van der Waals surface area contributed by atoms with Crippen LogP contribution in [0.4, 0.5) is 15.8 Å². The van der Waals surface area contributed by atoms with Gasteiger partial charge in [-0.15, -0.1) is 0 Å². The van der Waals surface area contributed by atoms with E-state index in [1.54, 1.807) is 29.2 Å². The summed E-state index contributed by atoms with van der Waals surface area (Å²) in [5, 5.41) is 27.6. The Morgan fingerprint density at radius 2 is 1.88 bits per heavy atom. The zero-order valence-corrected chi connectivity index (χ0v) is 19.7. The molecule has 2 aromatic carbocycles. The first-order valence-corrected chi connectivity index (χ1v) is 11.5. The first-order chi connectivity index (χ1) is 15.9. The lowest BCUT2D eigenvalue weighted by Crippen LogP contribution is -2.67. The monoisotopic (exact) mass is 456 g/mol. The van der Waals surface area contributed by atoms with Gasteiger partial charge in [-0.2, -0.15) is 15.4 Å². The standard InChI is InChI=1S/C22H27FN6O2.C2H6/c1-3-4-7-24-11-22(31)12-29(13-22)21(30)15-9-19-20(27-28-26-19)10-18(15)25-17-6-5-14(2)8-16(17)23;1-2/h5-6,8-10,24-25,31H,3-4,7,11-13H2,1-2H3,(H,26,27,28);1-2H3. The van der Waals surface area contributed by atoms with Gasteiger partial charge in [-0.05, 0) is 49.7 Å². The van der Waals surface area contributed by atoms with E-state index < -0.39 is 11.4 Å². The lowest BCUT2D eigenvalue weighted by atomic mass is 9.92. The molecule has 1 amide bonds. The van der Waals surface area contributed by atoms with Gasteiger partial charge in [0.25, 0.3) is 5.91 Å². The Balaban J connectivity index is 0.00000149. The number of halogens is 1. The van der Waals surface area contributed by atoms with Crippen molar-refractivity contribution in [3.63, 3.8) is 0 Å². The molecular weight excluding hydrogens is 423 g/mol. The van der Waals surface area contributed by atoms with E-state index in [-0.39, 0.29) is 24.7 Å². The number of amides is 1. The van der Waals surface area contributed by atoms with Crippen LogP contribution in [0.1, 0.15) is 49.5 Å².